The van der Waals surface area contributed by atoms with Crippen molar-refractivity contribution >= 4 is 115 Å². The highest BCUT2D eigenvalue weighted by Crippen LogP contribution is 2.34. The van der Waals surface area contributed by atoms with Gasteiger partial charge in [-0.05, 0) is 43.9 Å². The highest BCUT2D eigenvalue weighted by molar-refractivity contribution is 7.90. The van der Waals surface area contributed by atoms with Crippen molar-refractivity contribution < 1.29 is 55.6 Å². The SMILES string of the molecule is COCCNc1nc(N[C@@H](C)C2CC2)nc2c(/C=C3\CC(=O)NC3=O)cnn12.COCCNc1nc(S(C)(=O)=O)nc2c(/C=C3\CC(=O)NC3=O)cnn12.COCCNc1nc(S(C)=O)nc2c(/C=C3\CC(=O)NC3=O)cnn12. The van der Waals surface area contributed by atoms with Crippen molar-refractivity contribution in [3.8, 4) is 0 Å². The first-order valence-corrected chi connectivity index (χ1v) is 27.7. The molecular weight excluding hydrogens is 1070 g/mol. The van der Waals surface area contributed by atoms with Crippen LogP contribution in [0, 0.1) is 5.92 Å². The maximum atomic E-state index is 11.9. The number of fused-ring (bicyclic) bond motifs is 3. The second kappa shape index (κ2) is 24.9. The van der Waals surface area contributed by atoms with Crippen LogP contribution in [-0.2, 0) is 63.6 Å². The van der Waals surface area contributed by atoms with E-state index in [1.165, 1.54) is 53.7 Å². The van der Waals surface area contributed by atoms with Gasteiger partial charge in [0.05, 0.1) is 68.5 Å². The van der Waals surface area contributed by atoms with Gasteiger partial charge in [0.2, 0.25) is 56.5 Å². The van der Waals surface area contributed by atoms with Gasteiger partial charge in [-0.25, -0.2) is 8.42 Å². The summed E-state index contributed by atoms with van der Waals surface area (Å²) >= 11 is 0. The second-order valence-corrected chi connectivity index (χ2v) is 21.1. The van der Waals surface area contributed by atoms with Crippen LogP contribution in [0.25, 0.3) is 35.2 Å². The molecule has 31 nitrogen and oxygen atoms in total. The number of methoxy groups -OCH3 is 3. The van der Waals surface area contributed by atoms with E-state index in [9.17, 15) is 41.4 Å². The minimum atomic E-state index is -3.68. The van der Waals surface area contributed by atoms with Gasteiger partial charge in [0, 0.05) is 92.9 Å². The molecule has 1 saturated carbocycles. The summed E-state index contributed by atoms with van der Waals surface area (Å²) in [4.78, 5) is 95.1. The van der Waals surface area contributed by atoms with E-state index in [1.54, 1.807) is 37.1 Å². The Labute approximate surface area is 451 Å². The molecule has 0 radical (unpaired) electrons. The number of aromatic nitrogens is 12. The van der Waals surface area contributed by atoms with E-state index in [4.69, 9.17) is 14.2 Å². The molecular formula is C46H55N19O12S2. The van der Waals surface area contributed by atoms with E-state index in [0.29, 0.717) is 102 Å². The highest BCUT2D eigenvalue weighted by Gasteiger charge is 2.30. The van der Waals surface area contributed by atoms with Gasteiger partial charge in [0.15, 0.2) is 16.9 Å². The molecule has 418 valence electrons. The standard InChI is InChI=1S/C18H23N7O3.C14H16N6O5S.C14H16N6O4S/c1-10(11-3-4-11)21-17-23-15-13(7-12-8-14(26)22-16(12)27)9-20-25(15)18(24-17)19-5-6-28-2;1-25-4-3-15-13-19-14(26(2,23)24)18-11-9(7-16-20(11)13)5-8-6-10(21)17-12(8)22;1-24-4-3-15-13-19-14(25(2)23)18-11-9(7-16-20(11)13)5-8-6-10(21)17-12(8)22/h7,9-11H,3-6,8H2,1-2H3,(H,22,26,27)(H2,19,21,23,24);5,7H,3-4,6H2,1-2H3,(H,15,18,19)(H,17,21,22);5,7H,3-4,6H2,1-2H3,(H,15,18,19)(H,17,21,22)/b12-7+;2*8-5+/t10-;;/m0../s1. The van der Waals surface area contributed by atoms with Gasteiger partial charge < -0.3 is 35.5 Å². The summed E-state index contributed by atoms with van der Waals surface area (Å²) in [6.07, 6.45) is 14.1. The van der Waals surface area contributed by atoms with Crippen LogP contribution in [0.3, 0.4) is 0 Å². The molecule has 2 atom stereocenters. The number of amides is 6. The number of carbonyl (C=O) groups excluding carboxylic acids is 6. The highest BCUT2D eigenvalue weighted by atomic mass is 32.2. The molecule has 79 heavy (non-hydrogen) atoms. The summed E-state index contributed by atoms with van der Waals surface area (Å²) in [6, 6.07) is 0.275. The van der Waals surface area contributed by atoms with E-state index in [2.05, 4.69) is 89.3 Å². The Balaban J connectivity index is 0.000000156. The van der Waals surface area contributed by atoms with E-state index in [1.807, 2.05) is 0 Å². The molecule has 6 aromatic heterocycles. The smallest absolute Gasteiger partial charge is 0.254 e. The third-order valence-corrected chi connectivity index (χ3v) is 13.4. The predicted octanol–water partition coefficient (Wildman–Crippen LogP) is -0.811. The summed E-state index contributed by atoms with van der Waals surface area (Å²) in [6.45, 7) is 4.89. The average Bonchev–Trinajstić information content (AvgIpc) is 3.84. The number of imide groups is 3. The van der Waals surface area contributed by atoms with E-state index >= 15 is 0 Å². The van der Waals surface area contributed by atoms with Crippen molar-refractivity contribution in [1.29, 1.82) is 0 Å². The fourth-order valence-electron chi connectivity index (χ4n) is 7.79. The molecule has 4 fully saturated rings. The van der Waals surface area contributed by atoms with Crippen molar-refractivity contribution in [2.24, 2.45) is 5.92 Å². The Morgan fingerprint density at radius 1 is 0.620 bits per heavy atom. The maximum Gasteiger partial charge on any atom is 0.254 e. The summed E-state index contributed by atoms with van der Waals surface area (Å²) in [5.74, 6) is -0.144. The maximum absolute atomic E-state index is 11.9. The lowest BCUT2D eigenvalue weighted by Gasteiger charge is -2.14. The fraction of sp³-hybridized carbons (Fsp3) is 0.413. The number of ether oxygens (including phenoxy) is 3. The summed E-state index contributed by atoms with van der Waals surface area (Å²) in [5, 5.41) is 31.7. The van der Waals surface area contributed by atoms with Gasteiger partial charge in [0.1, 0.15) is 0 Å². The zero-order valence-electron chi connectivity index (χ0n) is 43.5. The molecule has 7 N–H and O–H groups in total. The van der Waals surface area contributed by atoms with Crippen LogP contribution in [0.4, 0.5) is 23.8 Å². The first-order chi connectivity index (χ1) is 37.8. The Morgan fingerprint density at radius 3 is 1.38 bits per heavy atom. The van der Waals surface area contributed by atoms with Gasteiger partial charge in [-0.1, -0.05) is 0 Å². The minimum Gasteiger partial charge on any atom is -0.383 e. The van der Waals surface area contributed by atoms with Gasteiger partial charge in [-0.2, -0.15) is 58.7 Å². The van der Waals surface area contributed by atoms with Crippen LogP contribution in [0.2, 0.25) is 0 Å². The van der Waals surface area contributed by atoms with Gasteiger partial charge in [-0.15, -0.1) is 0 Å². The lowest BCUT2D eigenvalue weighted by Crippen LogP contribution is -2.21. The summed E-state index contributed by atoms with van der Waals surface area (Å²) in [7, 11) is -0.333. The van der Waals surface area contributed by atoms with Crippen molar-refractivity contribution in [1.82, 2.24) is 74.7 Å². The van der Waals surface area contributed by atoms with Crippen molar-refractivity contribution in [3.05, 3.63) is 52.0 Å². The van der Waals surface area contributed by atoms with Crippen molar-refractivity contribution in [2.75, 3.05) is 94.6 Å². The molecule has 0 aromatic carbocycles. The van der Waals surface area contributed by atoms with E-state index < -0.39 is 38.4 Å². The van der Waals surface area contributed by atoms with Gasteiger partial charge >= 0.3 is 0 Å². The lowest BCUT2D eigenvalue weighted by atomic mass is 10.1. The number of sulfone groups is 1. The van der Waals surface area contributed by atoms with Crippen LogP contribution in [0.1, 0.15) is 55.7 Å². The summed E-state index contributed by atoms with van der Waals surface area (Å²) < 4.78 is 55.0. The lowest BCUT2D eigenvalue weighted by molar-refractivity contribution is -0.125. The zero-order chi connectivity index (χ0) is 56.5. The molecule has 1 unspecified atom stereocenters. The molecule has 1 aliphatic carbocycles. The number of anilines is 4. The van der Waals surface area contributed by atoms with E-state index in [0.717, 1.165) is 6.26 Å². The average molecular weight is 1130 g/mol. The minimum absolute atomic E-state index is 0.00671. The topological polar surface area (TPSA) is 395 Å². The summed E-state index contributed by atoms with van der Waals surface area (Å²) in [5.41, 5.74) is 3.69. The molecule has 4 aliphatic rings. The molecule has 3 aliphatic heterocycles. The molecule has 10 rings (SSSR count). The number of hydrogen-bond acceptors (Lipinski definition) is 25. The largest absolute Gasteiger partial charge is 0.383 e. The Bertz CT molecular complexity index is 3620. The Morgan fingerprint density at radius 2 is 1.01 bits per heavy atom. The predicted molar refractivity (Wildman–Crippen MR) is 282 cm³/mol. The zero-order valence-corrected chi connectivity index (χ0v) is 45.1. The van der Waals surface area contributed by atoms with Crippen LogP contribution in [0.15, 0.2) is 45.6 Å². The second-order valence-electron chi connectivity index (χ2n) is 18.0. The monoisotopic (exact) mass is 1130 g/mol. The van der Waals surface area contributed by atoms with Crippen molar-refractivity contribution in [2.45, 2.75) is 55.4 Å². The number of carbonyl (C=O) groups is 6. The molecule has 3 saturated heterocycles. The molecule has 6 amide bonds. The van der Waals surface area contributed by atoms with Crippen LogP contribution < -0.4 is 37.2 Å². The van der Waals surface area contributed by atoms with Crippen molar-refractivity contribution in [3.63, 3.8) is 0 Å². The Kier molecular flexibility index (Phi) is 17.8. The quantitative estimate of drug-likeness (QED) is 0.0279. The number of nitrogens with zero attached hydrogens (tertiary/aromatic N) is 12. The molecule has 0 bridgehead atoms. The van der Waals surface area contributed by atoms with Crippen LogP contribution in [0.5, 0.6) is 0 Å². The third-order valence-electron chi connectivity index (χ3n) is 11.9. The Hall–Kier alpha value is -8.53. The van der Waals surface area contributed by atoms with Gasteiger partial charge in [-0.3, -0.25) is 48.9 Å². The molecule has 6 aromatic rings. The molecule has 0 spiro atoms. The number of rotatable bonds is 20. The first kappa shape index (κ1) is 56.7. The molecule has 9 heterocycles. The number of nitrogens with one attached hydrogen (secondary N) is 7. The third kappa shape index (κ3) is 14.0. The fourth-order valence-corrected chi connectivity index (χ4v) is 8.73. The van der Waals surface area contributed by atoms with Crippen LogP contribution in [-0.4, -0.2) is 186 Å². The first-order valence-electron chi connectivity index (χ1n) is 24.2. The van der Waals surface area contributed by atoms with Crippen LogP contribution >= 0.6 is 0 Å². The van der Waals surface area contributed by atoms with E-state index in [-0.39, 0.29) is 70.5 Å². The van der Waals surface area contributed by atoms with Gasteiger partial charge in [0.25, 0.3) is 22.9 Å². The normalized spacial score (nSPS) is 17.7. The molecule has 33 heteroatoms. The number of hydrogen-bond donors (Lipinski definition) is 7.